The first-order valence-corrected chi connectivity index (χ1v) is 6.07. The molecule has 0 spiro atoms. The van der Waals surface area contributed by atoms with Gasteiger partial charge in [-0.2, -0.15) is 0 Å². The Labute approximate surface area is 100 Å². The first-order valence-electron chi connectivity index (χ1n) is 6.07. The summed E-state index contributed by atoms with van der Waals surface area (Å²) >= 11 is 0. The van der Waals surface area contributed by atoms with Crippen molar-refractivity contribution in [1.29, 1.82) is 0 Å². The lowest BCUT2D eigenvalue weighted by Crippen LogP contribution is -2.45. The van der Waals surface area contributed by atoms with Gasteiger partial charge in [0.2, 0.25) is 0 Å². The third-order valence-electron chi connectivity index (χ3n) is 3.65. The molecule has 5 heteroatoms. The van der Waals surface area contributed by atoms with Gasteiger partial charge in [0.15, 0.2) is 0 Å². The van der Waals surface area contributed by atoms with Crippen molar-refractivity contribution in [2.45, 2.75) is 26.7 Å². The number of hydrogen-bond acceptors (Lipinski definition) is 4. The number of hydrogen-bond donors (Lipinski definition) is 1. The zero-order valence-electron chi connectivity index (χ0n) is 10.4. The first kappa shape index (κ1) is 10.7. The summed E-state index contributed by atoms with van der Waals surface area (Å²) in [6, 6.07) is 2.08. The van der Waals surface area contributed by atoms with Crippen LogP contribution in [0.2, 0.25) is 0 Å². The lowest BCUT2D eigenvalue weighted by molar-refractivity contribution is 0.294. The van der Waals surface area contributed by atoms with Gasteiger partial charge in [0.05, 0.1) is 0 Å². The van der Waals surface area contributed by atoms with E-state index in [0.717, 1.165) is 36.1 Å². The molecule has 2 aromatic heterocycles. The highest BCUT2D eigenvalue weighted by Gasteiger charge is 2.28. The van der Waals surface area contributed by atoms with Crippen LogP contribution in [0, 0.1) is 19.8 Å². The van der Waals surface area contributed by atoms with Crippen molar-refractivity contribution in [2.75, 3.05) is 13.1 Å². The fourth-order valence-electron chi connectivity index (χ4n) is 2.43. The molecule has 17 heavy (non-hydrogen) atoms. The van der Waals surface area contributed by atoms with E-state index in [1.54, 1.807) is 0 Å². The highest BCUT2D eigenvalue weighted by atomic mass is 15.3. The minimum atomic E-state index is 0.425. The maximum atomic E-state index is 4.42. The second-order valence-corrected chi connectivity index (χ2v) is 4.94. The molecule has 1 atom stereocenters. The second-order valence-electron chi connectivity index (χ2n) is 4.94. The molecule has 1 aliphatic heterocycles. The quantitative estimate of drug-likeness (QED) is 0.839. The average molecular weight is 231 g/mol. The molecule has 90 valence electrons. The standard InChI is InChI=1S/C12H17N5/c1-7-4-8(2)17-11(15-16-12(17)14-7)9(3)10-5-13-6-10/h4,9-10,13H,5-6H2,1-3H3. The molecule has 0 amide bonds. The molecule has 0 radical (unpaired) electrons. The number of aromatic nitrogens is 4. The van der Waals surface area contributed by atoms with Gasteiger partial charge in [0.1, 0.15) is 5.82 Å². The molecule has 5 nitrogen and oxygen atoms in total. The fourth-order valence-corrected chi connectivity index (χ4v) is 2.43. The Morgan fingerprint density at radius 3 is 2.76 bits per heavy atom. The normalized spacial score (nSPS) is 18.3. The molecular weight excluding hydrogens is 214 g/mol. The second kappa shape index (κ2) is 3.77. The molecular formula is C12H17N5. The van der Waals surface area contributed by atoms with Gasteiger partial charge in [0.25, 0.3) is 5.78 Å². The predicted molar refractivity (Wildman–Crippen MR) is 65.0 cm³/mol. The van der Waals surface area contributed by atoms with Crippen LogP contribution >= 0.6 is 0 Å². The lowest BCUT2D eigenvalue weighted by Gasteiger charge is -2.31. The van der Waals surface area contributed by atoms with Crippen molar-refractivity contribution in [3.8, 4) is 0 Å². The van der Waals surface area contributed by atoms with Crippen molar-refractivity contribution < 1.29 is 0 Å². The molecule has 3 heterocycles. The van der Waals surface area contributed by atoms with E-state index in [-0.39, 0.29) is 0 Å². The minimum absolute atomic E-state index is 0.425. The SMILES string of the molecule is Cc1cc(C)n2c(C(C)C3CNC3)nnc2n1. The summed E-state index contributed by atoms with van der Waals surface area (Å²) < 4.78 is 2.08. The third-order valence-corrected chi connectivity index (χ3v) is 3.65. The van der Waals surface area contributed by atoms with Crippen LogP contribution in [0.3, 0.4) is 0 Å². The van der Waals surface area contributed by atoms with Gasteiger partial charge in [-0.05, 0) is 38.9 Å². The van der Waals surface area contributed by atoms with Crippen LogP contribution in [-0.4, -0.2) is 32.7 Å². The van der Waals surface area contributed by atoms with Crippen LogP contribution in [0.25, 0.3) is 5.78 Å². The van der Waals surface area contributed by atoms with Gasteiger partial charge < -0.3 is 5.32 Å². The smallest absolute Gasteiger partial charge is 0.255 e. The number of rotatable bonds is 2. The van der Waals surface area contributed by atoms with Gasteiger partial charge >= 0.3 is 0 Å². The van der Waals surface area contributed by atoms with Crippen LogP contribution in [0.1, 0.15) is 30.1 Å². The number of fused-ring (bicyclic) bond motifs is 1. The molecule has 3 rings (SSSR count). The largest absolute Gasteiger partial charge is 0.316 e. The van der Waals surface area contributed by atoms with Crippen LogP contribution in [0.15, 0.2) is 6.07 Å². The lowest BCUT2D eigenvalue weighted by atomic mass is 9.88. The van der Waals surface area contributed by atoms with E-state index >= 15 is 0 Å². The Morgan fingerprint density at radius 1 is 1.35 bits per heavy atom. The minimum Gasteiger partial charge on any atom is -0.316 e. The van der Waals surface area contributed by atoms with E-state index in [9.17, 15) is 0 Å². The van der Waals surface area contributed by atoms with Crippen LogP contribution in [0.5, 0.6) is 0 Å². The Hall–Kier alpha value is -1.49. The van der Waals surface area contributed by atoms with Crippen molar-refractivity contribution >= 4 is 5.78 Å². The molecule has 1 saturated heterocycles. The maximum absolute atomic E-state index is 4.42. The Kier molecular flexibility index (Phi) is 2.36. The van der Waals surface area contributed by atoms with Crippen molar-refractivity contribution in [3.63, 3.8) is 0 Å². The summed E-state index contributed by atoms with van der Waals surface area (Å²) in [6.45, 7) is 8.45. The summed E-state index contributed by atoms with van der Waals surface area (Å²) in [4.78, 5) is 4.42. The zero-order valence-corrected chi connectivity index (χ0v) is 10.4. The molecule has 1 unspecified atom stereocenters. The number of aryl methyl sites for hydroxylation is 2. The first-order chi connectivity index (χ1) is 8.16. The monoisotopic (exact) mass is 231 g/mol. The summed E-state index contributed by atoms with van der Waals surface area (Å²) in [7, 11) is 0. The van der Waals surface area contributed by atoms with Gasteiger partial charge in [-0.1, -0.05) is 6.92 Å². The predicted octanol–water partition coefficient (Wildman–Crippen LogP) is 1.06. The zero-order chi connectivity index (χ0) is 12.0. The molecule has 1 fully saturated rings. The molecule has 2 aromatic rings. The fraction of sp³-hybridized carbons (Fsp3) is 0.583. The van der Waals surface area contributed by atoms with Crippen molar-refractivity contribution in [3.05, 3.63) is 23.3 Å². The maximum Gasteiger partial charge on any atom is 0.255 e. The summed E-state index contributed by atoms with van der Waals surface area (Å²) in [5.74, 6) is 2.85. The van der Waals surface area contributed by atoms with Crippen molar-refractivity contribution in [1.82, 2.24) is 24.9 Å². The van der Waals surface area contributed by atoms with Crippen LogP contribution in [0.4, 0.5) is 0 Å². The van der Waals surface area contributed by atoms with Gasteiger partial charge in [-0.15, -0.1) is 10.2 Å². The van der Waals surface area contributed by atoms with E-state index in [1.807, 2.05) is 6.92 Å². The Morgan fingerprint density at radius 2 is 2.12 bits per heavy atom. The molecule has 0 bridgehead atoms. The van der Waals surface area contributed by atoms with Crippen LogP contribution < -0.4 is 5.32 Å². The third kappa shape index (κ3) is 1.61. The summed E-state index contributed by atoms with van der Waals surface area (Å²) in [5, 5.41) is 11.8. The van der Waals surface area contributed by atoms with E-state index in [1.165, 1.54) is 0 Å². The van der Waals surface area contributed by atoms with Gasteiger partial charge in [-0.3, -0.25) is 4.40 Å². The Balaban J connectivity index is 2.10. The van der Waals surface area contributed by atoms with Crippen molar-refractivity contribution in [2.24, 2.45) is 5.92 Å². The van der Waals surface area contributed by atoms with E-state index < -0.39 is 0 Å². The van der Waals surface area contributed by atoms with Gasteiger partial charge in [0, 0.05) is 17.3 Å². The number of nitrogens with one attached hydrogen (secondary N) is 1. The molecule has 0 aliphatic carbocycles. The van der Waals surface area contributed by atoms with E-state index in [2.05, 4.69) is 44.8 Å². The van der Waals surface area contributed by atoms with E-state index in [0.29, 0.717) is 11.8 Å². The van der Waals surface area contributed by atoms with E-state index in [4.69, 9.17) is 0 Å². The van der Waals surface area contributed by atoms with Crippen LogP contribution in [-0.2, 0) is 0 Å². The Bertz CT molecular complexity index is 555. The molecule has 1 N–H and O–H groups in total. The summed E-state index contributed by atoms with van der Waals surface area (Å²) in [5.41, 5.74) is 2.15. The topological polar surface area (TPSA) is 55.1 Å². The highest BCUT2D eigenvalue weighted by Crippen LogP contribution is 2.26. The number of nitrogens with zero attached hydrogens (tertiary/aromatic N) is 4. The molecule has 0 saturated carbocycles. The average Bonchev–Trinajstić information content (AvgIpc) is 2.58. The highest BCUT2D eigenvalue weighted by molar-refractivity contribution is 5.33. The molecule has 0 aromatic carbocycles. The van der Waals surface area contributed by atoms with Gasteiger partial charge in [-0.25, -0.2) is 4.98 Å². The molecule has 1 aliphatic rings. The summed E-state index contributed by atoms with van der Waals surface area (Å²) in [6.07, 6.45) is 0.